The molecule has 3 aliphatic rings. The Bertz CT molecular complexity index is 1100. The van der Waals surface area contributed by atoms with E-state index in [1.165, 1.54) is 22.3 Å². The summed E-state index contributed by atoms with van der Waals surface area (Å²) >= 11 is 0. The molecule has 36 heavy (non-hydrogen) atoms. The lowest BCUT2D eigenvalue weighted by Gasteiger charge is -2.36. The minimum Gasteiger partial charge on any atom is -0.449 e. The molecule has 2 aliphatic carbocycles. The summed E-state index contributed by atoms with van der Waals surface area (Å²) in [6.07, 6.45) is 1.67. The smallest absolute Gasteiger partial charge is 0.410 e. The van der Waals surface area contributed by atoms with Gasteiger partial charge in [-0.1, -0.05) is 48.5 Å². The molecule has 2 fully saturated rings. The third-order valence-electron chi connectivity index (χ3n) is 8.27. The van der Waals surface area contributed by atoms with Crippen molar-refractivity contribution >= 4 is 12.2 Å². The van der Waals surface area contributed by atoms with E-state index in [1.54, 1.807) is 4.90 Å². The van der Waals surface area contributed by atoms with E-state index in [0.29, 0.717) is 19.6 Å². The number of piperidine rings is 1. The number of carbonyl (C=O) groups excluding carboxylic acids is 2. The van der Waals surface area contributed by atoms with Crippen molar-refractivity contribution in [2.45, 2.75) is 51.6 Å². The van der Waals surface area contributed by atoms with Gasteiger partial charge in [0.05, 0.1) is 6.61 Å². The Morgan fingerprint density at radius 3 is 2.17 bits per heavy atom. The van der Waals surface area contributed by atoms with Crippen LogP contribution in [-0.2, 0) is 9.47 Å². The number of benzene rings is 2. The summed E-state index contributed by atoms with van der Waals surface area (Å²) in [5.74, 6) is 0.0133. The fourth-order valence-corrected chi connectivity index (χ4v) is 6.17. The summed E-state index contributed by atoms with van der Waals surface area (Å²) in [6, 6.07) is 16.5. The lowest BCUT2D eigenvalue weighted by atomic mass is 9.84. The molecule has 2 N–H and O–H groups in total. The normalized spacial score (nSPS) is 22.1. The highest BCUT2D eigenvalue weighted by Gasteiger charge is 2.67. The second-order valence-corrected chi connectivity index (χ2v) is 11.5. The van der Waals surface area contributed by atoms with Gasteiger partial charge >= 0.3 is 12.2 Å². The quantitative estimate of drug-likeness (QED) is 0.618. The largest absolute Gasteiger partial charge is 0.449 e. The zero-order valence-corrected chi connectivity index (χ0v) is 21.4. The number of aliphatic hydroxyl groups is 1. The number of nitrogens with zero attached hydrogens (tertiary/aromatic N) is 1. The fraction of sp³-hybridized carbons (Fsp3) is 0.517. The number of carbonyl (C=O) groups is 2. The van der Waals surface area contributed by atoms with Crippen LogP contribution in [0, 0.1) is 10.8 Å². The predicted octanol–water partition coefficient (Wildman–Crippen LogP) is 4.92. The molecule has 7 heteroatoms. The maximum absolute atomic E-state index is 12.7. The highest BCUT2D eigenvalue weighted by molar-refractivity contribution is 5.79. The molecule has 1 atom stereocenters. The highest BCUT2D eigenvalue weighted by Crippen LogP contribution is 2.68. The molecule has 0 radical (unpaired) electrons. The number of alkyl carbamates (subject to hydrolysis) is 1. The van der Waals surface area contributed by atoms with Gasteiger partial charge in [0.2, 0.25) is 0 Å². The molecular weight excluding hydrogens is 456 g/mol. The van der Waals surface area contributed by atoms with Crippen LogP contribution >= 0.6 is 0 Å². The van der Waals surface area contributed by atoms with E-state index in [9.17, 15) is 14.7 Å². The molecule has 7 nitrogen and oxygen atoms in total. The van der Waals surface area contributed by atoms with Crippen molar-refractivity contribution in [1.82, 2.24) is 10.2 Å². The van der Waals surface area contributed by atoms with Crippen LogP contribution in [0.1, 0.15) is 57.1 Å². The zero-order chi connectivity index (χ0) is 25.6. The summed E-state index contributed by atoms with van der Waals surface area (Å²) in [4.78, 5) is 26.8. The standard InChI is InChI=1S/C29H36N2O5/c1-27(2,3)36-26(34)31-14-12-28(13-15-31)17-29(28,19-32)18-30-25(33)35-16-24-22-10-6-4-8-20(22)21-9-5-7-11-23(21)24/h4-11,24,32H,12-19H2,1-3H3,(H,30,33). The first-order chi connectivity index (χ1) is 17.2. The molecule has 5 rings (SSSR count). The van der Waals surface area contributed by atoms with Crippen molar-refractivity contribution in [2.24, 2.45) is 10.8 Å². The van der Waals surface area contributed by atoms with Gasteiger partial charge in [0.1, 0.15) is 12.2 Å². The molecule has 2 amide bonds. The zero-order valence-electron chi connectivity index (χ0n) is 21.4. The van der Waals surface area contributed by atoms with Crippen molar-refractivity contribution in [1.29, 1.82) is 0 Å². The first kappa shape index (κ1) is 24.6. The number of amides is 2. The number of aliphatic hydroxyl groups excluding tert-OH is 1. The number of nitrogens with one attached hydrogen (secondary N) is 1. The Labute approximate surface area is 212 Å². The highest BCUT2D eigenvalue weighted by atomic mass is 16.6. The van der Waals surface area contributed by atoms with Crippen LogP contribution in [0.15, 0.2) is 48.5 Å². The van der Waals surface area contributed by atoms with Gasteiger partial charge in [0.15, 0.2) is 0 Å². The summed E-state index contributed by atoms with van der Waals surface area (Å²) in [6.45, 7) is 7.43. The molecule has 1 aliphatic heterocycles. The average Bonchev–Trinajstić information content (AvgIpc) is 3.35. The van der Waals surface area contributed by atoms with E-state index in [0.717, 1.165) is 19.3 Å². The molecule has 192 valence electrons. The molecule has 1 saturated heterocycles. The predicted molar refractivity (Wildman–Crippen MR) is 137 cm³/mol. The van der Waals surface area contributed by atoms with E-state index in [4.69, 9.17) is 9.47 Å². The molecule has 1 unspecified atom stereocenters. The topological polar surface area (TPSA) is 88.1 Å². The van der Waals surface area contributed by atoms with Crippen molar-refractivity contribution < 1.29 is 24.2 Å². The second kappa shape index (κ2) is 9.11. The summed E-state index contributed by atoms with van der Waals surface area (Å²) in [5.41, 5.74) is 3.80. The minimum atomic E-state index is -0.520. The molecule has 2 aromatic rings. The van der Waals surface area contributed by atoms with Crippen molar-refractivity contribution in [3.05, 3.63) is 59.7 Å². The maximum Gasteiger partial charge on any atom is 0.410 e. The maximum atomic E-state index is 12.7. The molecule has 1 spiro atoms. The van der Waals surface area contributed by atoms with Gasteiger partial charge in [-0.2, -0.15) is 0 Å². The Balaban J connectivity index is 1.14. The van der Waals surface area contributed by atoms with Gasteiger partial charge in [0, 0.05) is 31.0 Å². The van der Waals surface area contributed by atoms with Gasteiger partial charge < -0.3 is 24.8 Å². The lowest BCUT2D eigenvalue weighted by Crippen LogP contribution is -2.45. The third kappa shape index (κ3) is 4.45. The average molecular weight is 493 g/mol. The Hall–Kier alpha value is -3.06. The van der Waals surface area contributed by atoms with Crippen LogP contribution in [-0.4, -0.2) is 60.6 Å². The number of rotatable bonds is 5. The molecule has 1 saturated carbocycles. The van der Waals surface area contributed by atoms with E-state index in [1.807, 2.05) is 45.0 Å². The number of hydrogen-bond acceptors (Lipinski definition) is 5. The van der Waals surface area contributed by atoms with Crippen LogP contribution in [0.3, 0.4) is 0 Å². The first-order valence-electron chi connectivity index (χ1n) is 12.8. The van der Waals surface area contributed by atoms with Gasteiger partial charge in [0.25, 0.3) is 0 Å². The van der Waals surface area contributed by atoms with Gasteiger partial charge in [-0.3, -0.25) is 0 Å². The molecule has 0 bridgehead atoms. The number of fused-ring (bicyclic) bond motifs is 3. The van der Waals surface area contributed by atoms with Crippen molar-refractivity contribution in [3.63, 3.8) is 0 Å². The van der Waals surface area contributed by atoms with Crippen LogP contribution in [0.4, 0.5) is 9.59 Å². The Kier molecular flexibility index (Phi) is 6.23. The number of likely N-dealkylation sites (tertiary alicyclic amines) is 1. The molecule has 0 aromatic heterocycles. The van der Waals surface area contributed by atoms with Crippen LogP contribution in [0.5, 0.6) is 0 Å². The van der Waals surface area contributed by atoms with Crippen molar-refractivity contribution in [2.75, 3.05) is 32.8 Å². The molecule has 1 heterocycles. The lowest BCUT2D eigenvalue weighted by molar-refractivity contribution is 0.0136. The van der Waals surface area contributed by atoms with E-state index in [-0.39, 0.29) is 36.1 Å². The van der Waals surface area contributed by atoms with E-state index < -0.39 is 11.7 Å². The first-order valence-corrected chi connectivity index (χ1v) is 12.8. The summed E-state index contributed by atoms with van der Waals surface area (Å²) < 4.78 is 11.2. The Morgan fingerprint density at radius 1 is 1.03 bits per heavy atom. The number of hydrogen-bond donors (Lipinski definition) is 2. The monoisotopic (exact) mass is 492 g/mol. The van der Waals surface area contributed by atoms with Gasteiger partial charge in [-0.05, 0) is 67.7 Å². The summed E-state index contributed by atoms with van der Waals surface area (Å²) in [5, 5.41) is 13.2. The summed E-state index contributed by atoms with van der Waals surface area (Å²) in [7, 11) is 0. The third-order valence-corrected chi connectivity index (χ3v) is 8.27. The van der Waals surface area contributed by atoms with Gasteiger partial charge in [-0.15, -0.1) is 0 Å². The number of ether oxygens (including phenoxy) is 2. The fourth-order valence-electron chi connectivity index (χ4n) is 6.17. The van der Waals surface area contributed by atoms with Crippen LogP contribution in [0.25, 0.3) is 11.1 Å². The second-order valence-electron chi connectivity index (χ2n) is 11.5. The van der Waals surface area contributed by atoms with E-state index in [2.05, 4.69) is 29.6 Å². The van der Waals surface area contributed by atoms with Crippen molar-refractivity contribution in [3.8, 4) is 11.1 Å². The molecular formula is C29H36N2O5. The van der Waals surface area contributed by atoms with E-state index >= 15 is 0 Å². The van der Waals surface area contributed by atoms with Gasteiger partial charge in [-0.25, -0.2) is 9.59 Å². The van der Waals surface area contributed by atoms with Crippen LogP contribution in [0.2, 0.25) is 0 Å². The Morgan fingerprint density at radius 2 is 1.61 bits per heavy atom. The molecule has 2 aromatic carbocycles. The van der Waals surface area contributed by atoms with Crippen LogP contribution < -0.4 is 5.32 Å². The SMILES string of the molecule is CC(C)(C)OC(=O)N1CCC2(CC1)CC2(CO)CNC(=O)OCC1c2ccccc2-c2ccccc21. The minimum absolute atomic E-state index is 0.00307.